The van der Waals surface area contributed by atoms with Crippen LogP contribution in [0.15, 0.2) is 0 Å². The maximum atomic E-state index is 5.57. The molecule has 0 spiro atoms. The van der Waals surface area contributed by atoms with Crippen LogP contribution in [0.5, 0.6) is 0 Å². The first-order valence-corrected chi connectivity index (χ1v) is 6.46. The highest BCUT2D eigenvalue weighted by Gasteiger charge is 2.28. The van der Waals surface area contributed by atoms with Crippen molar-refractivity contribution in [3.63, 3.8) is 0 Å². The fourth-order valence-corrected chi connectivity index (χ4v) is 2.21. The number of nitrogens with zero attached hydrogens (tertiary/aromatic N) is 3. The first kappa shape index (κ1) is 13.9. The number of hydrazine groups is 1. The minimum Gasteiger partial charge on any atom is -0.377 e. The molecule has 1 atom stereocenters. The summed E-state index contributed by atoms with van der Waals surface area (Å²) in [4.78, 5) is 2.25. The molecule has 0 aromatic heterocycles. The molecule has 0 saturated carbocycles. The Kier molecular flexibility index (Phi) is 6.28. The highest BCUT2D eigenvalue weighted by molar-refractivity contribution is 4.72. The minimum atomic E-state index is 0.395. The van der Waals surface area contributed by atoms with Gasteiger partial charge in [-0.05, 0) is 26.9 Å². The topological polar surface area (TPSA) is 19.0 Å². The summed E-state index contributed by atoms with van der Waals surface area (Å²) in [5.41, 5.74) is 0. The number of hydrogen-bond donors (Lipinski definition) is 0. The maximum Gasteiger partial charge on any atom is 0.0993 e. The van der Waals surface area contributed by atoms with Crippen molar-refractivity contribution in [2.45, 2.75) is 32.9 Å². The molecule has 0 radical (unpaired) electrons. The molecule has 0 N–H and O–H groups in total. The zero-order valence-corrected chi connectivity index (χ0v) is 11.3. The third-order valence-electron chi connectivity index (χ3n) is 3.00. The van der Waals surface area contributed by atoms with Crippen LogP contribution in [-0.4, -0.2) is 68.0 Å². The van der Waals surface area contributed by atoms with Gasteiger partial charge in [0.25, 0.3) is 0 Å². The number of rotatable bonds is 6. The molecule has 1 fully saturated rings. The second-order valence-corrected chi connectivity index (χ2v) is 4.64. The Hall–Kier alpha value is -0.160. The molecule has 0 aromatic rings. The molecule has 0 amide bonds. The van der Waals surface area contributed by atoms with Crippen molar-refractivity contribution in [1.82, 2.24) is 14.9 Å². The highest BCUT2D eigenvalue weighted by atomic mass is 16.5. The van der Waals surface area contributed by atoms with Crippen molar-refractivity contribution >= 4 is 0 Å². The first-order valence-electron chi connectivity index (χ1n) is 6.46. The van der Waals surface area contributed by atoms with Crippen LogP contribution < -0.4 is 0 Å². The number of hydrogen-bond acceptors (Lipinski definition) is 4. The molecular weight excluding hydrogens is 202 g/mol. The van der Waals surface area contributed by atoms with Crippen LogP contribution in [0.1, 0.15) is 26.7 Å². The summed E-state index contributed by atoms with van der Waals surface area (Å²) < 4.78 is 5.57. The van der Waals surface area contributed by atoms with Crippen LogP contribution in [-0.2, 0) is 4.74 Å². The summed E-state index contributed by atoms with van der Waals surface area (Å²) in [6, 6.07) is 0. The van der Waals surface area contributed by atoms with Gasteiger partial charge in [-0.1, -0.05) is 13.8 Å². The zero-order chi connectivity index (χ0) is 12.0. The summed E-state index contributed by atoms with van der Waals surface area (Å²) in [7, 11) is 4.25. The van der Waals surface area contributed by atoms with E-state index in [1.165, 1.54) is 12.8 Å². The van der Waals surface area contributed by atoms with E-state index in [-0.39, 0.29) is 0 Å². The van der Waals surface area contributed by atoms with Gasteiger partial charge in [0, 0.05) is 19.6 Å². The molecule has 1 aliphatic heterocycles. The molecular formula is C12H27N3O. The molecule has 96 valence electrons. The lowest BCUT2D eigenvalue weighted by Gasteiger charge is -2.45. The molecule has 0 aromatic carbocycles. The van der Waals surface area contributed by atoms with Crippen LogP contribution in [0.25, 0.3) is 0 Å². The van der Waals surface area contributed by atoms with Gasteiger partial charge in [-0.3, -0.25) is 4.90 Å². The normalized spacial score (nSPS) is 23.2. The van der Waals surface area contributed by atoms with E-state index in [0.717, 1.165) is 32.8 Å². The van der Waals surface area contributed by atoms with Crippen LogP contribution in [0, 0.1) is 0 Å². The van der Waals surface area contributed by atoms with E-state index in [1.54, 1.807) is 0 Å². The highest BCUT2D eigenvalue weighted by Crippen LogP contribution is 2.13. The van der Waals surface area contributed by atoms with Gasteiger partial charge in [0.15, 0.2) is 0 Å². The van der Waals surface area contributed by atoms with Crippen LogP contribution in [0.4, 0.5) is 0 Å². The predicted molar refractivity (Wildman–Crippen MR) is 67.2 cm³/mol. The van der Waals surface area contributed by atoms with Gasteiger partial charge in [0.05, 0.1) is 19.4 Å². The van der Waals surface area contributed by atoms with Gasteiger partial charge in [-0.25, -0.2) is 10.0 Å². The Morgan fingerprint density at radius 3 is 2.31 bits per heavy atom. The quantitative estimate of drug-likeness (QED) is 0.682. The van der Waals surface area contributed by atoms with Gasteiger partial charge < -0.3 is 4.74 Å². The average molecular weight is 229 g/mol. The molecule has 0 bridgehead atoms. The van der Waals surface area contributed by atoms with E-state index in [2.05, 4.69) is 42.9 Å². The van der Waals surface area contributed by atoms with Gasteiger partial charge in [-0.2, -0.15) is 0 Å². The van der Waals surface area contributed by atoms with Gasteiger partial charge in [0.1, 0.15) is 0 Å². The molecule has 1 saturated heterocycles. The van der Waals surface area contributed by atoms with E-state index in [9.17, 15) is 0 Å². The molecule has 1 rings (SSSR count). The van der Waals surface area contributed by atoms with Crippen molar-refractivity contribution in [2.75, 3.05) is 46.9 Å². The average Bonchev–Trinajstić information content (AvgIpc) is 2.29. The van der Waals surface area contributed by atoms with Gasteiger partial charge in [0.2, 0.25) is 0 Å². The van der Waals surface area contributed by atoms with Crippen molar-refractivity contribution < 1.29 is 4.74 Å². The SMILES string of the molecule is CCCN(CCC)N1CCOCC1N(C)C. The van der Waals surface area contributed by atoms with Crippen molar-refractivity contribution in [2.24, 2.45) is 0 Å². The Labute approximate surface area is 100 Å². The van der Waals surface area contributed by atoms with Gasteiger partial charge in [-0.15, -0.1) is 0 Å². The smallest absolute Gasteiger partial charge is 0.0993 e. The predicted octanol–water partition coefficient (Wildman–Crippen LogP) is 1.24. The second kappa shape index (κ2) is 7.22. The Morgan fingerprint density at radius 1 is 1.19 bits per heavy atom. The summed E-state index contributed by atoms with van der Waals surface area (Å²) in [6.45, 7) is 9.48. The standard InChI is InChI=1S/C12H27N3O/c1-5-7-14(8-6-2)15-9-10-16-11-12(15)13(3)4/h12H,5-11H2,1-4H3. The number of likely N-dealkylation sites (N-methyl/N-ethyl adjacent to an activating group) is 1. The molecule has 1 aliphatic rings. The number of ether oxygens (including phenoxy) is 1. The molecule has 1 heterocycles. The number of morpholine rings is 1. The summed E-state index contributed by atoms with van der Waals surface area (Å²) in [6.07, 6.45) is 2.81. The van der Waals surface area contributed by atoms with Crippen molar-refractivity contribution in [3.8, 4) is 0 Å². The van der Waals surface area contributed by atoms with E-state index in [4.69, 9.17) is 4.74 Å². The van der Waals surface area contributed by atoms with Crippen molar-refractivity contribution in [1.29, 1.82) is 0 Å². The van der Waals surface area contributed by atoms with E-state index in [0.29, 0.717) is 6.17 Å². The Balaban J connectivity index is 2.62. The van der Waals surface area contributed by atoms with Crippen LogP contribution in [0.2, 0.25) is 0 Å². The molecule has 16 heavy (non-hydrogen) atoms. The maximum absolute atomic E-state index is 5.57. The second-order valence-electron chi connectivity index (χ2n) is 4.64. The van der Waals surface area contributed by atoms with E-state index < -0.39 is 0 Å². The third kappa shape index (κ3) is 3.70. The molecule has 1 unspecified atom stereocenters. The van der Waals surface area contributed by atoms with Crippen molar-refractivity contribution in [3.05, 3.63) is 0 Å². The fraction of sp³-hybridized carbons (Fsp3) is 1.00. The van der Waals surface area contributed by atoms with Crippen LogP contribution >= 0.6 is 0 Å². The van der Waals surface area contributed by atoms with E-state index in [1.807, 2.05) is 0 Å². The zero-order valence-electron chi connectivity index (χ0n) is 11.3. The minimum absolute atomic E-state index is 0.395. The van der Waals surface area contributed by atoms with Crippen LogP contribution in [0.3, 0.4) is 0 Å². The molecule has 4 nitrogen and oxygen atoms in total. The monoisotopic (exact) mass is 229 g/mol. The summed E-state index contributed by atoms with van der Waals surface area (Å²) >= 11 is 0. The van der Waals surface area contributed by atoms with E-state index >= 15 is 0 Å². The molecule has 0 aliphatic carbocycles. The van der Waals surface area contributed by atoms with Gasteiger partial charge >= 0.3 is 0 Å². The first-order chi connectivity index (χ1) is 7.70. The molecule has 4 heteroatoms. The lowest BCUT2D eigenvalue weighted by molar-refractivity contribution is -0.166. The lowest BCUT2D eigenvalue weighted by Crippen LogP contribution is -2.59. The Morgan fingerprint density at radius 2 is 1.81 bits per heavy atom. The fourth-order valence-electron chi connectivity index (χ4n) is 2.21. The summed E-state index contributed by atoms with van der Waals surface area (Å²) in [5, 5.41) is 4.98. The Bertz CT molecular complexity index is 181. The summed E-state index contributed by atoms with van der Waals surface area (Å²) in [5.74, 6) is 0. The third-order valence-corrected chi connectivity index (χ3v) is 3.00. The lowest BCUT2D eigenvalue weighted by atomic mass is 10.3. The largest absolute Gasteiger partial charge is 0.377 e.